The van der Waals surface area contributed by atoms with Gasteiger partial charge in [-0.25, -0.2) is 18.4 Å². The van der Waals surface area contributed by atoms with Crippen LogP contribution in [0.1, 0.15) is 36.7 Å². The smallest absolute Gasteiger partial charge is 0.274 e. The van der Waals surface area contributed by atoms with Crippen LogP contribution < -0.4 is 10.2 Å². The van der Waals surface area contributed by atoms with Crippen molar-refractivity contribution in [3.05, 3.63) is 42.4 Å². The Morgan fingerprint density at radius 2 is 1.93 bits per heavy atom. The highest BCUT2D eigenvalue weighted by molar-refractivity contribution is 7.90. The molecule has 1 fully saturated rings. The highest BCUT2D eigenvalue weighted by atomic mass is 32.2. The van der Waals surface area contributed by atoms with Crippen LogP contribution in [0.5, 0.6) is 0 Å². The molecule has 8 heteroatoms. The summed E-state index contributed by atoms with van der Waals surface area (Å²) in [6.45, 7) is 3.97. The van der Waals surface area contributed by atoms with Crippen LogP contribution in [0.4, 0.5) is 11.5 Å². The number of hydrogen-bond acceptors (Lipinski definition) is 6. The number of nitrogens with one attached hydrogen (secondary N) is 1. The number of aromatic nitrogens is 2. The Kier molecular flexibility index (Phi) is 5.74. The standard InChI is InChI=1S/C19H24N4O3S/c1-3-10-23(12-14-4-5-14)18-11-17(20-13-21-18)19(24)22-15-6-8-16(9-7-15)27(2,25)26/h6-9,11,13-14H,3-5,10,12H2,1-2H3,(H,22,24). The number of rotatable bonds is 8. The number of nitrogens with zero attached hydrogens (tertiary/aromatic N) is 3. The monoisotopic (exact) mass is 388 g/mol. The van der Waals surface area contributed by atoms with Gasteiger partial charge in [-0.15, -0.1) is 0 Å². The van der Waals surface area contributed by atoms with E-state index in [9.17, 15) is 13.2 Å². The first kappa shape index (κ1) is 19.3. The molecule has 0 aliphatic heterocycles. The maximum atomic E-state index is 12.5. The Hall–Kier alpha value is -2.48. The van der Waals surface area contributed by atoms with Crippen molar-refractivity contribution in [1.29, 1.82) is 0 Å². The summed E-state index contributed by atoms with van der Waals surface area (Å²) in [6, 6.07) is 7.77. The second kappa shape index (κ2) is 8.04. The second-order valence-electron chi connectivity index (χ2n) is 6.90. The molecule has 0 unspecified atom stereocenters. The van der Waals surface area contributed by atoms with E-state index in [1.165, 1.54) is 31.3 Å². The fourth-order valence-corrected chi connectivity index (χ4v) is 3.44. The molecule has 2 aromatic rings. The third kappa shape index (κ3) is 5.26. The van der Waals surface area contributed by atoms with E-state index in [1.807, 2.05) is 0 Å². The first-order chi connectivity index (χ1) is 12.9. The predicted molar refractivity (Wildman–Crippen MR) is 105 cm³/mol. The van der Waals surface area contributed by atoms with Crippen LogP contribution >= 0.6 is 0 Å². The van der Waals surface area contributed by atoms with E-state index in [1.54, 1.807) is 18.2 Å². The number of amides is 1. The van der Waals surface area contributed by atoms with E-state index in [0.717, 1.165) is 37.5 Å². The fraction of sp³-hybridized carbons (Fsp3) is 0.421. The molecule has 0 spiro atoms. The minimum atomic E-state index is -3.26. The van der Waals surface area contributed by atoms with Crippen LogP contribution in [0.25, 0.3) is 0 Å². The van der Waals surface area contributed by atoms with Crippen LogP contribution in [0, 0.1) is 5.92 Å². The van der Waals surface area contributed by atoms with Crippen LogP contribution in [-0.4, -0.2) is 43.6 Å². The van der Waals surface area contributed by atoms with Gasteiger partial charge < -0.3 is 10.2 Å². The molecule has 3 rings (SSSR count). The molecular formula is C19H24N4O3S. The van der Waals surface area contributed by atoms with E-state index in [-0.39, 0.29) is 16.5 Å². The molecule has 1 aliphatic carbocycles. The van der Waals surface area contributed by atoms with E-state index in [2.05, 4.69) is 27.1 Å². The summed E-state index contributed by atoms with van der Waals surface area (Å²) in [6.07, 6.45) is 6.06. The Morgan fingerprint density at radius 1 is 1.22 bits per heavy atom. The third-order valence-electron chi connectivity index (χ3n) is 4.42. The van der Waals surface area contributed by atoms with Gasteiger partial charge >= 0.3 is 0 Å². The van der Waals surface area contributed by atoms with Gasteiger partial charge in [0, 0.05) is 31.1 Å². The lowest BCUT2D eigenvalue weighted by Gasteiger charge is -2.23. The number of hydrogen-bond donors (Lipinski definition) is 1. The number of anilines is 2. The van der Waals surface area contributed by atoms with Gasteiger partial charge in [0.25, 0.3) is 5.91 Å². The lowest BCUT2D eigenvalue weighted by Crippen LogP contribution is -2.28. The van der Waals surface area contributed by atoms with Crippen LogP contribution in [0.3, 0.4) is 0 Å². The van der Waals surface area contributed by atoms with Crippen LogP contribution in [-0.2, 0) is 9.84 Å². The number of carbonyl (C=O) groups is 1. The first-order valence-corrected chi connectivity index (χ1v) is 10.9. The number of carbonyl (C=O) groups excluding carboxylic acids is 1. The van der Waals surface area contributed by atoms with Crippen molar-refractivity contribution < 1.29 is 13.2 Å². The summed E-state index contributed by atoms with van der Waals surface area (Å²) < 4.78 is 23.0. The Bertz CT molecular complexity index is 909. The van der Waals surface area contributed by atoms with Crippen molar-refractivity contribution in [2.24, 2.45) is 5.92 Å². The Morgan fingerprint density at radius 3 is 2.52 bits per heavy atom. The third-order valence-corrected chi connectivity index (χ3v) is 5.55. The van der Waals surface area contributed by atoms with Gasteiger partial charge in [0.05, 0.1) is 4.90 Å². The lowest BCUT2D eigenvalue weighted by molar-refractivity contribution is 0.102. The van der Waals surface area contributed by atoms with Crippen LogP contribution in [0.2, 0.25) is 0 Å². The molecule has 0 saturated heterocycles. The summed E-state index contributed by atoms with van der Waals surface area (Å²) in [5.74, 6) is 1.13. The van der Waals surface area contributed by atoms with Crippen molar-refractivity contribution in [2.45, 2.75) is 31.1 Å². The second-order valence-corrected chi connectivity index (χ2v) is 8.92. The molecule has 1 aromatic carbocycles. The van der Waals surface area contributed by atoms with Gasteiger partial charge in [-0.1, -0.05) is 6.92 Å². The van der Waals surface area contributed by atoms with E-state index in [0.29, 0.717) is 5.69 Å². The molecule has 1 aromatic heterocycles. The van der Waals surface area contributed by atoms with Crippen molar-refractivity contribution in [1.82, 2.24) is 9.97 Å². The zero-order valence-corrected chi connectivity index (χ0v) is 16.4. The molecule has 7 nitrogen and oxygen atoms in total. The highest BCUT2D eigenvalue weighted by Crippen LogP contribution is 2.31. The largest absolute Gasteiger partial charge is 0.356 e. The normalized spacial score (nSPS) is 14.0. The average molecular weight is 388 g/mol. The molecule has 1 N–H and O–H groups in total. The molecular weight excluding hydrogens is 364 g/mol. The summed E-state index contributed by atoms with van der Waals surface area (Å²) >= 11 is 0. The quantitative estimate of drug-likeness (QED) is 0.747. The topological polar surface area (TPSA) is 92.3 Å². The molecule has 0 atom stereocenters. The SMILES string of the molecule is CCCN(CC1CC1)c1cc(C(=O)Nc2ccc(S(C)(=O)=O)cc2)ncn1. The predicted octanol–water partition coefficient (Wildman–Crippen LogP) is 2.76. The highest BCUT2D eigenvalue weighted by Gasteiger charge is 2.25. The molecule has 0 bridgehead atoms. The minimum Gasteiger partial charge on any atom is -0.356 e. The summed E-state index contributed by atoms with van der Waals surface area (Å²) in [7, 11) is -3.26. The van der Waals surface area contributed by atoms with E-state index in [4.69, 9.17) is 0 Å². The van der Waals surface area contributed by atoms with Crippen molar-refractivity contribution in [3.8, 4) is 0 Å². The van der Waals surface area contributed by atoms with Gasteiger partial charge in [0.2, 0.25) is 0 Å². The average Bonchev–Trinajstić information content (AvgIpc) is 3.45. The van der Waals surface area contributed by atoms with E-state index < -0.39 is 9.84 Å². The van der Waals surface area contributed by atoms with Crippen molar-refractivity contribution >= 4 is 27.2 Å². The van der Waals surface area contributed by atoms with Gasteiger partial charge in [0.15, 0.2) is 9.84 Å². The van der Waals surface area contributed by atoms with Crippen LogP contribution in [0.15, 0.2) is 41.6 Å². The molecule has 0 radical (unpaired) electrons. The van der Waals surface area contributed by atoms with Gasteiger partial charge in [0.1, 0.15) is 17.8 Å². The first-order valence-electron chi connectivity index (χ1n) is 9.05. The zero-order valence-electron chi connectivity index (χ0n) is 15.6. The zero-order chi connectivity index (χ0) is 19.4. The number of benzene rings is 1. The molecule has 1 amide bonds. The van der Waals surface area contributed by atoms with Crippen molar-refractivity contribution in [3.63, 3.8) is 0 Å². The lowest BCUT2D eigenvalue weighted by atomic mass is 10.2. The Balaban J connectivity index is 1.72. The molecule has 144 valence electrons. The van der Waals surface area contributed by atoms with E-state index >= 15 is 0 Å². The summed E-state index contributed by atoms with van der Waals surface area (Å²) in [5.41, 5.74) is 0.792. The Labute approximate surface area is 159 Å². The molecule has 1 aliphatic rings. The fourth-order valence-electron chi connectivity index (χ4n) is 2.81. The van der Waals surface area contributed by atoms with Gasteiger partial charge in [-0.3, -0.25) is 4.79 Å². The summed E-state index contributed by atoms with van der Waals surface area (Å²) in [4.78, 5) is 23.4. The molecule has 27 heavy (non-hydrogen) atoms. The van der Waals surface area contributed by atoms with Gasteiger partial charge in [-0.05, 0) is 49.4 Å². The maximum Gasteiger partial charge on any atom is 0.274 e. The summed E-state index contributed by atoms with van der Waals surface area (Å²) in [5, 5.41) is 2.75. The van der Waals surface area contributed by atoms with Gasteiger partial charge in [-0.2, -0.15) is 0 Å². The maximum absolute atomic E-state index is 12.5. The van der Waals surface area contributed by atoms with Crippen molar-refractivity contribution in [2.75, 3.05) is 29.6 Å². The minimum absolute atomic E-state index is 0.208. The molecule has 1 heterocycles. The molecule has 1 saturated carbocycles. The number of sulfone groups is 1.